The number of anilines is 8. The molecule has 1 fully saturated rings. The van der Waals surface area contributed by atoms with Gasteiger partial charge in [-0.2, -0.15) is 5.26 Å². The van der Waals surface area contributed by atoms with Crippen LogP contribution in [0.4, 0.5) is 45.5 Å². The van der Waals surface area contributed by atoms with Crippen molar-refractivity contribution < 1.29 is 0 Å². The van der Waals surface area contributed by atoms with Crippen LogP contribution in [-0.4, -0.2) is 12.3 Å². The third-order valence-electron chi connectivity index (χ3n) is 12.1. The van der Waals surface area contributed by atoms with Crippen molar-refractivity contribution in [2.45, 2.75) is 44.1 Å². The average Bonchev–Trinajstić information content (AvgIpc) is 3.55. The molecule has 2 atom stereocenters. The molecule has 4 aliphatic rings. The molecular weight excluding hydrogens is 595 g/mol. The topological polar surface area (TPSA) is 33.5 Å². The van der Waals surface area contributed by atoms with Gasteiger partial charge in [0, 0.05) is 50.9 Å². The predicted octanol–water partition coefficient (Wildman–Crippen LogP) is 8.99. The van der Waals surface area contributed by atoms with Gasteiger partial charge in [0.05, 0.1) is 17.2 Å². The van der Waals surface area contributed by atoms with E-state index in [1.807, 2.05) is 6.07 Å². The maximum atomic E-state index is 9.93. The van der Waals surface area contributed by atoms with Crippen molar-refractivity contribution in [2.24, 2.45) is 0 Å². The molecular formula is C44H35BN4. The quantitative estimate of drug-likeness (QED) is 0.183. The van der Waals surface area contributed by atoms with Crippen molar-refractivity contribution in [3.05, 3.63) is 151 Å². The van der Waals surface area contributed by atoms with Crippen LogP contribution in [0, 0.1) is 11.3 Å². The Balaban J connectivity index is 1.32. The van der Waals surface area contributed by atoms with Crippen molar-refractivity contribution in [2.75, 3.05) is 14.7 Å². The van der Waals surface area contributed by atoms with Crippen LogP contribution < -0.4 is 31.1 Å². The largest absolute Gasteiger partial charge is 0.334 e. The van der Waals surface area contributed by atoms with Gasteiger partial charge in [-0.3, -0.25) is 0 Å². The van der Waals surface area contributed by atoms with Crippen molar-refractivity contribution in [3.8, 4) is 6.07 Å². The fourth-order valence-corrected chi connectivity index (χ4v) is 9.77. The standard InChI is InChI=1S/C44H35BN4/c1-43-24-13-25-44(43,2)49(37-23-22-30(29-46)26-34(37)43)33-27-40-42-41(28-33)48(32-16-7-4-8-17-32)39-21-12-10-19-36(39)45(42)35-18-9-11-20-38(35)47(40)31-14-5-3-6-15-31/h3-12,14-23,26-28H,13,24-25H2,1-2H3. The van der Waals surface area contributed by atoms with Gasteiger partial charge in [-0.05, 0) is 108 Å². The zero-order chi connectivity index (χ0) is 32.9. The summed E-state index contributed by atoms with van der Waals surface area (Å²) in [6.45, 7) is 4.97. The van der Waals surface area contributed by atoms with E-state index in [1.165, 1.54) is 56.1 Å². The molecule has 0 bridgehead atoms. The third-order valence-corrected chi connectivity index (χ3v) is 12.1. The highest BCUT2D eigenvalue weighted by atomic mass is 15.3. The Kier molecular flexibility index (Phi) is 5.86. The van der Waals surface area contributed by atoms with Gasteiger partial charge in [-0.25, -0.2) is 0 Å². The molecule has 6 aromatic carbocycles. The summed E-state index contributed by atoms with van der Waals surface area (Å²) in [5, 5.41) is 9.93. The molecule has 3 aliphatic heterocycles. The first-order chi connectivity index (χ1) is 24.0. The van der Waals surface area contributed by atoms with Gasteiger partial charge in [0.2, 0.25) is 0 Å². The van der Waals surface area contributed by atoms with Crippen LogP contribution in [-0.2, 0) is 5.41 Å². The van der Waals surface area contributed by atoms with E-state index >= 15 is 0 Å². The molecule has 1 saturated carbocycles. The fourth-order valence-electron chi connectivity index (χ4n) is 9.77. The van der Waals surface area contributed by atoms with E-state index in [2.05, 4.69) is 168 Å². The number of nitriles is 1. The first-order valence-corrected chi connectivity index (χ1v) is 17.4. The molecule has 10 rings (SSSR count). The molecule has 0 amide bonds. The molecule has 2 unspecified atom stereocenters. The van der Waals surface area contributed by atoms with Crippen molar-refractivity contribution in [1.29, 1.82) is 5.26 Å². The van der Waals surface area contributed by atoms with Crippen LogP contribution >= 0.6 is 0 Å². The first kappa shape index (κ1) is 28.3. The highest BCUT2D eigenvalue weighted by molar-refractivity contribution is 7.00. The van der Waals surface area contributed by atoms with Gasteiger partial charge in [0.15, 0.2) is 0 Å². The van der Waals surface area contributed by atoms with Gasteiger partial charge in [0.25, 0.3) is 6.71 Å². The monoisotopic (exact) mass is 630 g/mol. The number of hydrogen-bond acceptors (Lipinski definition) is 4. The predicted molar refractivity (Wildman–Crippen MR) is 203 cm³/mol. The number of para-hydroxylation sites is 4. The summed E-state index contributed by atoms with van der Waals surface area (Å²) in [5.41, 5.74) is 15.3. The van der Waals surface area contributed by atoms with Crippen molar-refractivity contribution in [3.63, 3.8) is 0 Å². The summed E-state index contributed by atoms with van der Waals surface area (Å²) in [4.78, 5) is 7.60. The molecule has 0 aromatic heterocycles. The second kappa shape index (κ2) is 10.1. The average molecular weight is 631 g/mol. The molecule has 234 valence electrons. The van der Waals surface area contributed by atoms with Crippen LogP contribution in [0.15, 0.2) is 140 Å². The van der Waals surface area contributed by atoms with Crippen LogP contribution in [0.5, 0.6) is 0 Å². The summed E-state index contributed by atoms with van der Waals surface area (Å²) in [6.07, 6.45) is 3.35. The van der Waals surface area contributed by atoms with Gasteiger partial charge in [0.1, 0.15) is 0 Å². The molecule has 0 N–H and O–H groups in total. The van der Waals surface area contributed by atoms with Crippen molar-refractivity contribution in [1.82, 2.24) is 0 Å². The van der Waals surface area contributed by atoms with Gasteiger partial charge in [-0.15, -0.1) is 0 Å². The number of nitrogens with zero attached hydrogens (tertiary/aromatic N) is 4. The highest BCUT2D eigenvalue weighted by Gasteiger charge is 2.59. The number of fused-ring (bicyclic) bond motifs is 7. The van der Waals surface area contributed by atoms with E-state index in [1.54, 1.807) is 0 Å². The van der Waals surface area contributed by atoms with E-state index in [4.69, 9.17) is 0 Å². The maximum absolute atomic E-state index is 9.93. The minimum absolute atomic E-state index is 0.0672. The zero-order valence-electron chi connectivity index (χ0n) is 27.8. The zero-order valence-corrected chi connectivity index (χ0v) is 27.8. The van der Waals surface area contributed by atoms with E-state index < -0.39 is 0 Å². The molecule has 5 heteroatoms. The minimum atomic E-state index is -0.141. The first-order valence-electron chi connectivity index (χ1n) is 17.4. The molecule has 0 spiro atoms. The number of hydrogen-bond donors (Lipinski definition) is 0. The Morgan fingerprint density at radius 2 is 1.12 bits per heavy atom. The Labute approximate surface area is 288 Å². The second-order valence-corrected chi connectivity index (χ2v) is 14.4. The van der Waals surface area contributed by atoms with E-state index in [0.717, 1.165) is 36.2 Å². The minimum Gasteiger partial charge on any atom is -0.334 e. The highest BCUT2D eigenvalue weighted by Crippen LogP contribution is 2.63. The summed E-state index contributed by atoms with van der Waals surface area (Å²) in [5.74, 6) is 0. The molecule has 0 saturated heterocycles. The Morgan fingerprint density at radius 1 is 0.571 bits per heavy atom. The Hall–Kier alpha value is -5.73. The summed E-state index contributed by atoms with van der Waals surface area (Å²) in [6, 6.07) is 53.3. The lowest BCUT2D eigenvalue weighted by Crippen LogP contribution is -2.61. The Morgan fingerprint density at radius 3 is 1.69 bits per heavy atom. The second-order valence-electron chi connectivity index (χ2n) is 14.4. The van der Waals surface area contributed by atoms with Gasteiger partial charge < -0.3 is 14.7 Å². The molecule has 49 heavy (non-hydrogen) atoms. The maximum Gasteiger partial charge on any atom is 0.252 e. The fraction of sp³-hybridized carbons (Fsp3) is 0.159. The lowest BCUT2D eigenvalue weighted by molar-refractivity contribution is 0.330. The molecule has 6 aromatic rings. The van der Waals surface area contributed by atoms with Gasteiger partial charge in [-0.1, -0.05) is 86.1 Å². The lowest BCUT2D eigenvalue weighted by atomic mass is 9.33. The number of rotatable bonds is 3. The van der Waals surface area contributed by atoms with E-state index in [-0.39, 0.29) is 17.7 Å². The lowest BCUT2D eigenvalue weighted by Gasteiger charge is -2.46. The van der Waals surface area contributed by atoms with Crippen LogP contribution in [0.2, 0.25) is 0 Å². The SMILES string of the molecule is CC12CCCC1(C)N(c1cc3c4c(c1)N(c1ccccc1)c1ccccc1B4c1ccccc1N3c1ccccc1)c1ccc(C#N)cc12. The van der Waals surface area contributed by atoms with E-state index in [9.17, 15) is 5.26 Å². The normalized spacial score (nSPS) is 21.0. The van der Waals surface area contributed by atoms with Crippen molar-refractivity contribution >= 4 is 68.6 Å². The Bertz CT molecular complexity index is 2240. The van der Waals surface area contributed by atoms with Crippen LogP contribution in [0.25, 0.3) is 0 Å². The smallest absolute Gasteiger partial charge is 0.252 e. The van der Waals surface area contributed by atoms with E-state index in [0.29, 0.717) is 0 Å². The summed E-state index contributed by atoms with van der Waals surface area (Å²) >= 11 is 0. The third kappa shape index (κ3) is 3.69. The summed E-state index contributed by atoms with van der Waals surface area (Å²) < 4.78 is 0. The molecule has 1 aliphatic carbocycles. The molecule has 4 nitrogen and oxygen atoms in total. The van der Waals surface area contributed by atoms with Crippen LogP contribution in [0.1, 0.15) is 44.2 Å². The molecule has 3 heterocycles. The summed E-state index contributed by atoms with van der Waals surface area (Å²) in [7, 11) is 0. The van der Waals surface area contributed by atoms with Gasteiger partial charge >= 0.3 is 0 Å². The molecule has 0 radical (unpaired) electrons. The number of benzene rings is 6. The van der Waals surface area contributed by atoms with Crippen LogP contribution in [0.3, 0.4) is 0 Å².